The zero-order chi connectivity index (χ0) is 6.69. The van der Waals surface area contributed by atoms with Crippen LogP contribution in [-0.4, -0.2) is 0 Å². The molecule has 1 rings (SSSR count). The molecule has 0 aliphatic heterocycles. The second-order valence-electron chi connectivity index (χ2n) is 2.05. The fourth-order valence-electron chi connectivity index (χ4n) is 0.870. The zero-order valence-electron chi connectivity index (χ0n) is 5.26. The van der Waals surface area contributed by atoms with E-state index >= 15 is 0 Å². The number of hydrogen-bond donors (Lipinski definition) is 0. The Morgan fingerprint density at radius 1 is 1.78 bits per heavy atom. The van der Waals surface area contributed by atoms with Gasteiger partial charge in [-0.3, -0.25) is 0 Å². The third-order valence-electron chi connectivity index (χ3n) is 1.34. The van der Waals surface area contributed by atoms with E-state index in [1.807, 2.05) is 6.08 Å². The van der Waals surface area contributed by atoms with Crippen LogP contribution in [0.2, 0.25) is 0 Å². The Balaban J connectivity index is 2.64. The first kappa shape index (κ1) is 7.02. The Bertz CT molecular complexity index is 175. The maximum absolute atomic E-state index is 3.70. The van der Waals surface area contributed by atoms with Crippen LogP contribution < -0.4 is 0 Å². The molecule has 0 atom stereocenters. The van der Waals surface area contributed by atoms with Gasteiger partial charge in [0.25, 0.3) is 0 Å². The van der Waals surface area contributed by atoms with Gasteiger partial charge in [0.15, 0.2) is 0 Å². The molecule has 0 saturated carbocycles. The van der Waals surface area contributed by atoms with E-state index in [0.717, 1.165) is 6.42 Å². The predicted octanol–water partition coefficient (Wildman–Crippen LogP) is 2.32. The summed E-state index contributed by atoms with van der Waals surface area (Å²) in [5, 5.41) is 0. The van der Waals surface area contributed by atoms with Crippen molar-refractivity contribution in [2.45, 2.75) is 12.8 Å². The molecule has 0 amide bonds. The van der Waals surface area contributed by atoms with Gasteiger partial charge in [-0.05, 0) is 0 Å². The van der Waals surface area contributed by atoms with Crippen molar-refractivity contribution >= 4 is 0 Å². The molecule has 0 aromatic carbocycles. The molecule has 0 heterocycles. The standard InChI is InChI=1S/C8H9.W/c1-2-5-8-6-3-4-7-8;/h2-3,6H,1,4-5H2;. The molecule has 0 N–H and O–H groups in total. The van der Waals surface area contributed by atoms with Gasteiger partial charge in [0, 0.05) is 0 Å². The normalized spacial score (nSPS) is 16.9. The molecular formula is C8H9W. The first-order valence-electron chi connectivity index (χ1n) is 3.01. The van der Waals surface area contributed by atoms with Crippen LogP contribution in [-0.2, 0) is 19.8 Å². The summed E-state index contributed by atoms with van der Waals surface area (Å²) in [4.78, 5) is 0. The quantitative estimate of drug-likeness (QED) is 0.684. The Hall–Kier alpha value is -0.0917. The van der Waals surface area contributed by atoms with Gasteiger partial charge in [-0.25, -0.2) is 0 Å². The molecular weight excluding hydrogens is 280 g/mol. The van der Waals surface area contributed by atoms with E-state index in [0.29, 0.717) is 0 Å². The molecule has 0 bridgehead atoms. The third-order valence-corrected chi connectivity index (χ3v) is 2.89. The van der Waals surface area contributed by atoms with Crippen molar-refractivity contribution in [1.29, 1.82) is 0 Å². The van der Waals surface area contributed by atoms with E-state index in [4.69, 9.17) is 0 Å². The second kappa shape index (κ2) is 3.17. The van der Waals surface area contributed by atoms with Gasteiger partial charge in [0.2, 0.25) is 0 Å². The zero-order valence-corrected chi connectivity index (χ0v) is 8.20. The molecule has 1 aliphatic rings. The average Bonchev–Trinajstić information content (AvgIpc) is 2.18. The SMILES string of the molecule is C=CCC1=[C]([W])CC=C1. The molecule has 0 radical (unpaired) electrons. The van der Waals surface area contributed by atoms with Crippen LogP contribution in [0.3, 0.4) is 0 Å². The molecule has 0 fully saturated rings. The van der Waals surface area contributed by atoms with Crippen molar-refractivity contribution in [3.63, 3.8) is 0 Å². The Labute approximate surface area is 67.2 Å². The Morgan fingerprint density at radius 3 is 3.00 bits per heavy atom. The monoisotopic (exact) mass is 289 g/mol. The first-order valence-corrected chi connectivity index (χ1v) is 4.47. The summed E-state index contributed by atoms with van der Waals surface area (Å²) in [6, 6.07) is 0. The van der Waals surface area contributed by atoms with Crippen molar-refractivity contribution in [3.05, 3.63) is 34.3 Å². The van der Waals surface area contributed by atoms with Crippen molar-refractivity contribution in [1.82, 2.24) is 0 Å². The van der Waals surface area contributed by atoms with E-state index in [1.165, 1.54) is 12.0 Å². The summed E-state index contributed by atoms with van der Waals surface area (Å²) in [5.74, 6) is 0. The molecule has 0 spiro atoms. The summed E-state index contributed by atoms with van der Waals surface area (Å²) >= 11 is 1.60. The van der Waals surface area contributed by atoms with Crippen LogP contribution in [0, 0.1) is 0 Å². The van der Waals surface area contributed by atoms with Crippen LogP contribution in [0.25, 0.3) is 0 Å². The molecule has 0 saturated heterocycles. The minimum atomic E-state index is 1.05. The number of allylic oxidation sites excluding steroid dienone is 5. The Kier molecular flexibility index (Phi) is 2.47. The molecule has 47 valence electrons. The van der Waals surface area contributed by atoms with Crippen LogP contribution in [0.15, 0.2) is 34.3 Å². The molecule has 0 nitrogen and oxygen atoms in total. The number of hydrogen-bond acceptors (Lipinski definition) is 0. The molecule has 1 aliphatic carbocycles. The van der Waals surface area contributed by atoms with Crippen molar-refractivity contribution in [2.75, 3.05) is 0 Å². The van der Waals surface area contributed by atoms with Crippen LogP contribution >= 0.6 is 0 Å². The average molecular weight is 289 g/mol. The van der Waals surface area contributed by atoms with Gasteiger partial charge in [-0.1, -0.05) is 0 Å². The van der Waals surface area contributed by atoms with Crippen LogP contribution in [0.1, 0.15) is 12.8 Å². The van der Waals surface area contributed by atoms with Crippen LogP contribution in [0.4, 0.5) is 0 Å². The molecule has 0 aromatic rings. The van der Waals surface area contributed by atoms with E-state index in [9.17, 15) is 0 Å². The van der Waals surface area contributed by atoms with Gasteiger partial charge in [-0.15, -0.1) is 0 Å². The summed E-state index contributed by atoms with van der Waals surface area (Å²) in [6.07, 6.45) is 8.63. The van der Waals surface area contributed by atoms with Crippen LogP contribution in [0.5, 0.6) is 0 Å². The summed E-state index contributed by atoms with van der Waals surface area (Å²) < 4.78 is 1.58. The maximum atomic E-state index is 3.70. The number of rotatable bonds is 2. The summed E-state index contributed by atoms with van der Waals surface area (Å²) in [5.41, 5.74) is 1.49. The fourth-order valence-corrected chi connectivity index (χ4v) is 1.76. The van der Waals surface area contributed by atoms with Gasteiger partial charge in [-0.2, -0.15) is 0 Å². The summed E-state index contributed by atoms with van der Waals surface area (Å²) in [7, 11) is 0. The molecule has 9 heavy (non-hydrogen) atoms. The van der Waals surface area contributed by atoms with Gasteiger partial charge < -0.3 is 0 Å². The van der Waals surface area contributed by atoms with Gasteiger partial charge >= 0.3 is 67.0 Å². The van der Waals surface area contributed by atoms with Gasteiger partial charge in [0.05, 0.1) is 0 Å². The Morgan fingerprint density at radius 2 is 2.56 bits per heavy atom. The molecule has 1 heteroatoms. The first-order chi connectivity index (χ1) is 4.34. The van der Waals surface area contributed by atoms with Crippen molar-refractivity contribution < 1.29 is 19.8 Å². The minimum absolute atomic E-state index is 1.05. The van der Waals surface area contributed by atoms with Crippen molar-refractivity contribution in [2.24, 2.45) is 0 Å². The third kappa shape index (κ3) is 1.66. The topological polar surface area (TPSA) is 0 Å². The van der Waals surface area contributed by atoms with E-state index in [2.05, 4.69) is 18.7 Å². The summed E-state index contributed by atoms with van der Waals surface area (Å²) in [6.45, 7) is 3.70. The molecule has 0 aromatic heterocycles. The molecule has 0 unspecified atom stereocenters. The van der Waals surface area contributed by atoms with E-state index in [1.54, 1.807) is 23.8 Å². The van der Waals surface area contributed by atoms with E-state index in [-0.39, 0.29) is 0 Å². The van der Waals surface area contributed by atoms with Crippen molar-refractivity contribution in [3.8, 4) is 0 Å². The fraction of sp³-hybridized carbons (Fsp3) is 0.250. The van der Waals surface area contributed by atoms with Gasteiger partial charge in [0.1, 0.15) is 0 Å². The second-order valence-corrected chi connectivity index (χ2v) is 3.82. The van der Waals surface area contributed by atoms with E-state index < -0.39 is 0 Å². The predicted molar refractivity (Wildman–Crippen MR) is 35.6 cm³/mol.